The number of carbonyl (C=O) groups is 2. The molecule has 0 atom stereocenters. The fraction of sp³-hybridized carbons (Fsp3) is 0.333. The molecule has 0 saturated heterocycles. The summed E-state index contributed by atoms with van der Waals surface area (Å²) in [6.45, 7) is 9.62. The van der Waals surface area contributed by atoms with E-state index in [0.717, 1.165) is 23.1 Å². The summed E-state index contributed by atoms with van der Waals surface area (Å²) in [5.74, 6) is -1.35. The molecule has 0 radical (unpaired) electrons. The number of ether oxygens (including phenoxy) is 2. The Morgan fingerprint density at radius 2 is 1.55 bits per heavy atom. The van der Waals surface area contributed by atoms with Crippen LogP contribution in [-0.2, 0) is 25.5 Å². The molecule has 0 fully saturated rings. The Morgan fingerprint density at radius 3 is 1.95 bits per heavy atom. The van der Waals surface area contributed by atoms with Crippen LogP contribution < -0.4 is 0 Å². The van der Waals surface area contributed by atoms with Crippen molar-refractivity contribution in [2.45, 2.75) is 27.2 Å². The molecule has 0 spiro atoms. The van der Waals surface area contributed by atoms with E-state index in [9.17, 15) is 9.59 Å². The second-order valence-electron chi connectivity index (χ2n) is 4.87. The SMILES string of the molecule is C=C(C)Cc1ccc(C=C(C(=O)OCC)C(=O)OCC)cc1. The third-order valence-corrected chi connectivity index (χ3v) is 2.79. The van der Waals surface area contributed by atoms with E-state index in [1.165, 1.54) is 6.08 Å². The van der Waals surface area contributed by atoms with Gasteiger partial charge in [0, 0.05) is 0 Å². The molecule has 0 N–H and O–H groups in total. The van der Waals surface area contributed by atoms with Crippen LogP contribution in [0.5, 0.6) is 0 Å². The molecular weight excluding hydrogens is 280 g/mol. The predicted molar refractivity (Wildman–Crippen MR) is 86.2 cm³/mol. The first-order valence-electron chi connectivity index (χ1n) is 7.27. The van der Waals surface area contributed by atoms with E-state index < -0.39 is 11.9 Å². The van der Waals surface area contributed by atoms with Crippen LogP contribution in [-0.4, -0.2) is 25.2 Å². The van der Waals surface area contributed by atoms with Crippen LogP contribution in [0.1, 0.15) is 31.9 Å². The fourth-order valence-corrected chi connectivity index (χ4v) is 1.87. The largest absolute Gasteiger partial charge is 0.462 e. The summed E-state index contributed by atoms with van der Waals surface area (Å²) in [6.07, 6.45) is 2.28. The van der Waals surface area contributed by atoms with Gasteiger partial charge < -0.3 is 9.47 Å². The Balaban J connectivity index is 3.02. The molecule has 1 rings (SSSR count). The van der Waals surface area contributed by atoms with E-state index in [2.05, 4.69) is 6.58 Å². The molecule has 118 valence electrons. The third-order valence-electron chi connectivity index (χ3n) is 2.79. The van der Waals surface area contributed by atoms with Crippen LogP contribution >= 0.6 is 0 Å². The molecule has 1 aromatic carbocycles. The lowest BCUT2D eigenvalue weighted by atomic mass is 10.0. The van der Waals surface area contributed by atoms with Crippen molar-refractivity contribution in [3.63, 3.8) is 0 Å². The van der Waals surface area contributed by atoms with Gasteiger partial charge in [0.2, 0.25) is 0 Å². The van der Waals surface area contributed by atoms with Crippen molar-refractivity contribution in [2.75, 3.05) is 13.2 Å². The van der Waals surface area contributed by atoms with Crippen molar-refractivity contribution in [1.29, 1.82) is 0 Å². The highest BCUT2D eigenvalue weighted by atomic mass is 16.6. The van der Waals surface area contributed by atoms with Gasteiger partial charge in [-0.25, -0.2) is 9.59 Å². The molecular formula is C18H22O4. The van der Waals surface area contributed by atoms with Crippen molar-refractivity contribution < 1.29 is 19.1 Å². The van der Waals surface area contributed by atoms with E-state index in [-0.39, 0.29) is 18.8 Å². The number of rotatable bonds is 7. The predicted octanol–water partition coefficient (Wildman–Crippen LogP) is 3.31. The fourth-order valence-electron chi connectivity index (χ4n) is 1.87. The second-order valence-corrected chi connectivity index (χ2v) is 4.87. The molecule has 1 aromatic rings. The minimum absolute atomic E-state index is 0.101. The van der Waals surface area contributed by atoms with Crippen LogP contribution in [0.2, 0.25) is 0 Å². The monoisotopic (exact) mass is 302 g/mol. The summed E-state index contributed by atoms with van der Waals surface area (Å²) in [5, 5.41) is 0. The lowest BCUT2D eigenvalue weighted by Gasteiger charge is -2.07. The Morgan fingerprint density at radius 1 is 1.05 bits per heavy atom. The van der Waals surface area contributed by atoms with Gasteiger partial charge in [-0.1, -0.05) is 36.4 Å². The van der Waals surface area contributed by atoms with E-state index in [1.807, 2.05) is 31.2 Å². The van der Waals surface area contributed by atoms with Gasteiger partial charge in [0.15, 0.2) is 0 Å². The summed E-state index contributed by atoms with van der Waals surface area (Å²) in [5.41, 5.74) is 2.83. The highest BCUT2D eigenvalue weighted by Gasteiger charge is 2.20. The van der Waals surface area contributed by atoms with Crippen molar-refractivity contribution >= 4 is 18.0 Å². The highest BCUT2D eigenvalue weighted by Crippen LogP contribution is 2.13. The van der Waals surface area contributed by atoms with Gasteiger partial charge in [-0.15, -0.1) is 0 Å². The molecule has 0 bridgehead atoms. The number of esters is 2. The van der Waals surface area contributed by atoms with Crippen molar-refractivity contribution in [1.82, 2.24) is 0 Å². The van der Waals surface area contributed by atoms with Crippen molar-refractivity contribution in [3.05, 3.63) is 53.1 Å². The molecule has 0 aliphatic carbocycles. The minimum atomic E-state index is -0.674. The topological polar surface area (TPSA) is 52.6 Å². The molecule has 0 saturated carbocycles. The number of hydrogen-bond acceptors (Lipinski definition) is 4. The lowest BCUT2D eigenvalue weighted by Crippen LogP contribution is -2.18. The van der Waals surface area contributed by atoms with Gasteiger partial charge in [0.05, 0.1) is 13.2 Å². The number of allylic oxidation sites excluding steroid dienone is 1. The van der Waals surface area contributed by atoms with Gasteiger partial charge in [-0.2, -0.15) is 0 Å². The van der Waals surface area contributed by atoms with Crippen LogP contribution in [0.15, 0.2) is 42.0 Å². The van der Waals surface area contributed by atoms with Gasteiger partial charge in [-0.3, -0.25) is 0 Å². The van der Waals surface area contributed by atoms with E-state index >= 15 is 0 Å². The van der Waals surface area contributed by atoms with Crippen LogP contribution in [0.25, 0.3) is 6.08 Å². The zero-order valence-corrected chi connectivity index (χ0v) is 13.3. The zero-order chi connectivity index (χ0) is 16.5. The molecule has 4 heteroatoms. The molecule has 0 unspecified atom stereocenters. The summed E-state index contributed by atoms with van der Waals surface area (Å²) in [6, 6.07) is 7.57. The molecule has 0 aromatic heterocycles. The molecule has 0 heterocycles. The standard InChI is InChI=1S/C18H22O4/c1-5-21-17(19)16(18(20)22-6-2)12-15-9-7-14(8-10-15)11-13(3)4/h7-10,12H,3,5-6,11H2,1-2,4H3. The first-order chi connectivity index (χ1) is 10.5. The van der Waals surface area contributed by atoms with Gasteiger partial charge in [-0.05, 0) is 44.4 Å². The van der Waals surface area contributed by atoms with Crippen LogP contribution in [0.4, 0.5) is 0 Å². The Kier molecular flexibility index (Phi) is 7.09. The molecule has 0 aliphatic heterocycles. The van der Waals surface area contributed by atoms with Crippen LogP contribution in [0, 0.1) is 0 Å². The van der Waals surface area contributed by atoms with Gasteiger partial charge in [0.25, 0.3) is 0 Å². The van der Waals surface area contributed by atoms with Gasteiger partial charge in [0.1, 0.15) is 5.57 Å². The smallest absolute Gasteiger partial charge is 0.345 e. The zero-order valence-electron chi connectivity index (χ0n) is 13.3. The quantitative estimate of drug-likeness (QED) is 0.255. The average Bonchev–Trinajstić information content (AvgIpc) is 2.46. The molecule has 4 nitrogen and oxygen atoms in total. The number of hydrogen-bond donors (Lipinski definition) is 0. The first kappa shape index (κ1) is 17.7. The molecule has 22 heavy (non-hydrogen) atoms. The Hall–Kier alpha value is -2.36. The van der Waals surface area contributed by atoms with Crippen LogP contribution in [0.3, 0.4) is 0 Å². The Labute approximate surface area is 131 Å². The summed E-state index contributed by atoms with van der Waals surface area (Å²) in [7, 11) is 0. The highest BCUT2D eigenvalue weighted by molar-refractivity contribution is 6.17. The summed E-state index contributed by atoms with van der Waals surface area (Å²) in [4.78, 5) is 23.7. The van der Waals surface area contributed by atoms with Crippen molar-refractivity contribution in [2.24, 2.45) is 0 Å². The molecule has 0 aliphatic rings. The van der Waals surface area contributed by atoms with E-state index in [4.69, 9.17) is 9.47 Å². The normalized spacial score (nSPS) is 9.77. The maximum atomic E-state index is 11.9. The number of carbonyl (C=O) groups excluding carboxylic acids is 2. The number of benzene rings is 1. The summed E-state index contributed by atoms with van der Waals surface area (Å²) < 4.78 is 9.80. The average molecular weight is 302 g/mol. The molecule has 0 amide bonds. The minimum Gasteiger partial charge on any atom is -0.462 e. The Bertz CT molecular complexity index is 547. The van der Waals surface area contributed by atoms with E-state index in [0.29, 0.717) is 0 Å². The summed E-state index contributed by atoms with van der Waals surface area (Å²) >= 11 is 0. The third kappa shape index (κ3) is 5.56. The second kappa shape index (κ2) is 8.82. The maximum absolute atomic E-state index is 11.9. The maximum Gasteiger partial charge on any atom is 0.345 e. The van der Waals surface area contributed by atoms with Gasteiger partial charge >= 0.3 is 11.9 Å². The lowest BCUT2D eigenvalue weighted by molar-refractivity contribution is -0.146. The van der Waals surface area contributed by atoms with Crippen molar-refractivity contribution in [3.8, 4) is 0 Å². The van der Waals surface area contributed by atoms with E-state index in [1.54, 1.807) is 13.8 Å². The first-order valence-corrected chi connectivity index (χ1v) is 7.27.